The van der Waals surface area contributed by atoms with E-state index in [1.807, 2.05) is 36.4 Å². The molecule has 4 nitrogen and oxygen atoms in total. The van der Waals surface area contributed by atoms with Crippen molar-refractivity contribution in [3.05, 3.63) is 59.7 Å². The van der Waals surface area contributed by atoms with E-state index in [9.17, 15) is 0 Å². The molecule has 0 atom stereocenters. The maximum Gasteiger partial charge on any atom is 0.193 e. The van der Waals surface area contributed by atoms with Crippen molar-refractivity contribution in [2.24, 2.45) is 10.7 Å². The minimum atomic E-state index is -0.105. The average molecular weight is 311 g/mol. The van der Waals surface area contributed by atoms with Crippen molar-refractivity contribution < 1.29 is 4.74 Å². The van der Waals surface area contributed by atoms with Crippen molar-refractivity contribution in [1.29, 1.82) is 0 Å². The predicted molar refractivity (Wildman–Crippen MR) is 97.3 cm³/mol. The van der Waals surface area contributed by atoms with Gasteiger partial charge in [-0.15, -0.1) is 0 Å². The molecule has 2 rings (SSSR count). The fourth-order valence-electron chi connectivity index (χ4n) is 2.24. The van der Waals surface area contributed by atoms with Gasteiger partial charge in [0.05, 0.1) is 13.7 Å². The first-order valence-electron chi connectivity index (χ1n) is 7.69. The molecule has 0 spiro atoms. The number of nitrogens with one attached hydrogen (secondary N) is 1. The second-order valence-electron chi connectivity index (χ2n) is 6.30. The molecule has 0 fully saturated rings. The highest BCUT2D eigenvalue weighted by Gasteiger charge is 2.20. The fourth-order valence-corrected chi connectivity index (χ4v) is 2.24. The van der Waals surface area contributed by atoms with E-state index in [-0.39, 0.29) is 5.41 Å². The number of benzene rings is 2. The zero-order chi connectivity index (χ0) is 16.9. The Morgan fingerprint density at radius 2 is 1.70 bits per heavy atom. The summed E-state index contributed by atoms with van der Waals surface area (Å²) in [5.74, 6) is 1.28. The molecule has 2 aromatic rings. The van der Waals surface area contributed by atoms with Gasteiger partial charge in [-0.1, -0.05) is 43.7 Å². The molecule has 23 heavy (non-hydrogen) atoms. The summed E-state index contributed by atoms with van der Waals surface area (Å²) in [6, 6.07) is 16.1. The predicted octanol–water partition coefficient (Wildman–Crippen LogP) is 3.71. The number of methoxy groups -OCH3 is 1. The van der Waals surface area contributed by atoms with Crippen LogP contribution in [-0.2, 0) is 5.41 Å². The van der Waals surface area contributed by atoms with E-state index >= 15 is 0 Å². The third-order valence-corrected chi connectivity index (χ3v) is 3.84. The number of aliphatic imine (C=N–C) groups is 1. The van der Waals surface area contributed by atoms with Crippen molar-refractivity contribution in [2.45, 2.75) is 26.2 Å². The molecule has 2 aromatic carbocycles. The fraction of sp³-hybridized carbons (Fsp3) is 0.316. The van der Waals surface area contributed by atoms with E-state index in [0.717, 1.165) is 11.4 Å². The Morgan fingerprint density at radius 3 is 2.26 bits per heavy atom. The van der Waals surface area contributed by atoms with Crippen LogP contribution in [0.3, 0.4) is 0 Å². The number of aryl methyl sites for hydroxylation is 1. The Labute approximate surface area is 138 Å². The van der Waals surface area contributed by atoms with Crippen LogP contribution in [0.25, 0.3) is 0 Å². The molecule has 0 amide bonds. The third kappa shape index (κ3) is 4.74. The van der Waals surface area contributed by atoms with E-state index < -0.39 is 0 Å². The second kappa shape index (κ2) is 7.18. The number of ether oxygens (including phenoxy) is 1. The summed E-state index contributed by atoms with van der Waals surface area (Å²) in [6.07, 6.45) is 0. The van der Waals surface area contributed by atoms with Gasteiger partial charge >= 0.3 is 0 Å². The maximum atomic E-state index is 5.99. The van der Waals surface area contributed by atoms with Crippen LogP contribution in [0.5, 0.6) is 5.75 Å². The van der Waals surface area contributed by atoms with Gasteiger partial charge in [-0.2, -0.15) is 0 Å². The molecule has 0 unspecified atom stereocenters. The van der Waals surface area contributed by atoms with Gasteiger partial charge in [0.15, 0.2) is 5.96 Å². The lowest BCUT2D eigenvalue weighted by molar-refractivity contribution is 0.414. The highest BCUT2D eigenvalue weighted by atomic mass is 16.5. The van der Waals surface area contributed by atoms with Crippen LogP contribution < -0.4 is 15.8 Å². The number of rotatable bonds is 5. The Morgan fingerprint density at radius 1 is 1.09 bits per heavy atom. The molecular formula is C19H25N3O. The summed E-state index contributed by atoms with van der Waals surface area (Å²) in [4.78, 5) is 4.48. The standard InChI is InChI=1S/C19H25N3O/c1-14-5-9-16(10-6-14)22-18(20)21-13-19(2,3)15-7-11-17(23-4)12-8-15/h5-12H,13H2,1-4H3,(H3,20,21,22). The van der Waals surface area contributed by atoms with Gasteiger partial charge in [-0.25, -0.2) is 0 Å². The molecule has 4 heteroatoms. The molecule has 0 saturated heterocycles. The summed E-state index contributed by atoms with van der Waals surface area (Å²) >= 11 is 0. The molecule has 0 aliphatic rings. The highest BCUT2D eigenvalue weighted by molar-refractivity contribution is 5.92. The minimum Gasteiger partial charge on any atom is -0.497 e. The lowest BCUT2D eigenvalue weighted by atomic mass is 9.85. The molecule has 0 aliphatic carbocycles. The number of nitrogens with two attached hydrogens (primary N) is 1. The first-order valence-corrected chi connectivity index (χ1v) is 7.69. The molecular weight excluding hydrogens is 286 g/mol. The highest BCUT2D eigenvalue weighted by Crippen LogP contribution is 2.25. The molecule has 3 N–H and O–H groups in total. The van der Waals surface area contributed by atoms with E-state index in [1.165, 1.54) is 11.1 Å². The van der Waals surface area contributed by atoms with Crippen LogP contribution in [0.1, 0.15) is 25.0 Å². The van der Waals surface area contributed by atoms with Crippen molar-refractivity contribution >= 4 is 11.6 Å². The van der Waals surface area contributed by atoms with Crippen LogP contribution in [0.4, 0.5) is 5.69 Å². The van der Waals surface area contributed by atoms with Crippen LogP contribution in [-0.4, -0.2) is 19.6 Å². The number of anilines is 1. The summed E-state index contributed by atoms with van der Waals surface area (Å²) in [7, 11) is 1.67. The van der Waals surface area contributed by atoms with E-state index in [4.69, 9.17) is 10.5 Å². The summed E-state index contributed by atoms with van der Waals surface area (Å²) in [5, 5.41) is 3.12. The third-order valence-electron chi connectivity index (χ3n) is 3.84. The molecule has 122 valence electrons. The Hall–Kier alpha value is -2.49. The van der Waals surface area contributed by atoms with Crippen LogP contribution in [0, 0.1) is 6.92 Å². The van der Waals surface area contributed by atoms with Crippen molar-refractivity contribution in [2.75, 3.05) is 19.0 Å². The van der Waals surface area contributed by atoms with Gasteiger partial charge in [0.25, 0.3) is 0 Å². The summed E-state index contributed by atoms with van der Waals surface area (Å²) in [6.45, 7) is 6.96. The van der Waals surface area contributed by atoms with Crippen molar-refractivity contribution in [3.63, 3.8) is 0 Å². The van der Waals surface area contributed by atoms with Gasteiger partial charge in [0.1, 0.15) is 5.75 Å². The monoisotopic (exact) mass is 311 g/mol. The second-order valence-corrected chi connectivity index (χ2v) is 6.30. The first kappa shape index (κ1) is 16.9. The zero-order valence-corrected chi connectivity index (χ0v) is 14.3. The lowest BCUT2D eigenvalue weighted by Crippen LogP contribution is -2.27. The normalized spacial score (nSPS) is 12.1. The minimum absolute atomic E-state index is 0.105. The molecule has 0 aliphatic heterocycles. The largest absolute Gasteiger partial charge is 0.497 e. The van der Waals surface area contributed by atoms with Crippen LogP contribution >= 0.6 is 0 Å². The molecule has 0 bridgehead atoms. The van der Waals surface area contributed by atoms with Gasteiger partial charge in [-0.05, 0) is 36.8 Å². The number of nitrogens with zero attached hydrogens (tertiary/aromatic N) is 1. The van der Waals surface area contributed by atoms with Crippen molar-refractivity contribution in [1.82, 2.24) is 0 Å². The van der Waals surface area contributed by atoms with E-state index in [0.29, 0.717) is 12.5 Å². The Balaban J connectivity index is 2.02. The SMILES string of the molecule is COc1ccc(C(C)(C)CN=C(N)Nc2ccc(C)cc2)cc1. The van der Waals surface area contributed by atoms with Crippen molar-refractivity contribution in [3.8, 4) is 5.75 Å². The zero-order valence-electron chi connectivity index (χ0n) is 14.3. The smallest absolute Gasteiger partial charge is 0.193 e. The maximum absolute atomic E-state index is 5.99. The summed E-state index contributed by atoms with van der Waals surface area (Å²) < 4.78 is 5.20. The van der Waals surface area contributed by atoms with Gasteiger partial charge in [0.2, 0.25) is 0 Å². The summed E-state index contributed by atoms with van der Waals surface area (Å²) in [5.41, 5.74) is 9.25. The van der Waals surface area contributed by atoms with Gasteiger partial charge in [-0.3, -0.25) is 4.99 Å². The lowest BCUT2D eigenvalue weighted by Gasteiger charge is -2.23. The van der Waals surface area contributed by atoms with Gasteiger partial charge in [0, 0.05) is 11.1 Å². The first-order chi connectivity index (χ1) is 10.9. The quantitative estimate of drug-likeness (QED) is 0.654. The Kier molecular flexibility index (Phi) is 5.27. The molecule has 0 heterocycles. The molecule has 0 saturated carbocycles. The number of hydrogen-bond acceptors (Lipinski definition) is 2. The van der Waals surface area contributed by atoms with Crippen LogP contribution in [0.2, 0.25) is 0 Å². The topological polar surface area (TPSA) is 59.6 Å². The van der Waals surface area contributed by atoms with Gasteiger partial charge < -0.3 is 15.8 Å². The van der Waals surface area contributed by atoms with Crippen LogP contribution in [0.15, 0.2) is 53.5 Å². The Bertz CT molecular complexity index is 658. The molecule has 0 aromatic heterocycles. The molecule has 0 radical (unpaired) electrons. The number of hydrogen-bond donors (Lipinski definition) is 2. The van der Waals surface area contributed by atoms with E-state index in [1.54, 1.807) is 7.11 Å². The van der Waals surface area contributed by atoms with E-state index in [2.05, 4.69) is 43.2 Å². The number of guanidine groups is 1. The average Bonchev–Trinajstić information content (AvgIpc) is 2.55.